The molecule has 0 atom stereocenters. The second-order valence-corrected chi connectivity index (χ2v) is 0. The molecule has 0 rings (SSSR count). The third-order valence-corrected chi connectivity index (χ3v) is 0. The van der Waals surface area contributed by atoms with Crippen molar-refractivity contribution in [3.05, 3.63) is 0 Å². The molecule has 7 heavy (non-hydrogen) atoms. The molecule has 0 aromatic carbocycles. The molecule has 0 fully saturated rings. The SMILES string of the molecule is [3H]C.[3H]C.[3H]C.[3H]C.[3H]C.[3H]C.[3H]C. The van der Waals surface area contributed by atoms with E-state index in [-0.39, 0.29) is 0 Å². The Balaban J connectivity index is -0.00000000817. The third-order valence-electron chi connectivity index (χ3n) is 0. The normalized spacial score (nSPS) is 7.00. The summed E-state index contributed by atoms with van der Waals surface area (Å²) in [6, 6.07) is 0. The van der Waals surface area contributed by atoms with Crippen molar-refractivity contribution in [2.45, 2.75) is 51.8 Å². The Morgan fingerprint density at radius 2 is 0.429 bits per heavy atom. The van der Waals surface area contributed by atoms with E-state index in [2.05, 4.69) is 0 Å². The highest BCUT2D eigenvalue weighted by Gasteiger charge is -0.0716. The molecule has 0 amide bonds. The van der Waals surface area contributed by atoms with E-state index < -0.39 is 0 Å². The van der Waals surface area contributed by atoms with Gasteiger partial charge in [0, 0.05) is 9.60 Å². The van der Waals surface area contributed by atoms with Gasteiger partial charge in [-0.1, -0.05) is 51.8 Å². The van der Waals surface area contributed by atoms with E-state index in [0.29, 0.717) is 0 Å². The largest absolute Gasteiger partial charge is 0.0776 e. The lowest BCUT2D eigenvalue weighted by Gasteiger charge is -0.0786. The van der Waals surface area contributed by atoms with Gasteiger partial charge in [-0.15, -0.1) is 0 Å². The zero-order valence-electron chi connectivity index (χ0n) is 14.0. The molecule has 0 saturated carbocycles. The highest BCUT2D eigenvalue weighted by Crippen LogP contribution is 0.150. The first-order chi connectivity index (χ1) is 7.00. The lowest BCUT2D eigenvalue weighted by Crippen LogP contribution is 0.143. The smallest absolute Gasteiger partial charge is 0.0194 e. The molecular formula is C7H28. The van der Waals surface area contributed by atoms with Gasteiger partial charge in [0.1, 0.15) is 0 Å². The molecule has 0 heterocycles. The molecular weight excluding hydrogens is 84.1 g/mol. The van der Waals surface area contributed by atoms with E-state index in [0.717, 1.165) is 0 Å². The first kappa shape index (κ1) is 5.14. The van der Waals surface area contributed by atoms with Gasteiger partial charge >= 0.3 is 0 Å². The van der Waals surface area contributed by atoms with Crippen molar-refractivity contribution in [3.63, 3.8) is 0 Å². The Labute approximate surface area is 62.8 Å². The van der Waals surface area contributed by atoms with E-state index in [9.17, 15) is 0 Å². The van der Waals surface area contributed by atoms with Gasteiger partial charge in [0.2, 0.25) is 0 Å². The van der Waals surface area contributed by atoms with Crippen molar-refractivity contribution in [1.29, 1.82) is 0 Å². The van der Waals surface area contributed by atoms with E-state index in [1.165, 1.54) is 51.8 Å². The van der Waals surface area contributed by atoms with Crippen molar-refractivity contribution in [2.75, 3.05) is 0 Å². The molecule has 0 aromatic rings. The van der Waals surface area contributed by atoms with Gasteiger partial charge in [0.05, 0.1) is 0 Å². The van der Waals surface area contributed by atoms with Crippen LogP contribution in [0.3, 0.4) is 0 Å². The summed E-state index contributed by atoms with van der Waals surface area (Å²) < 4.78 is 40.2. The van der Waals surface area contributed by atoms with Crippen molar-refractivity contribution in [1.82, 2.24) is 0 Å². The van der Waals surface area contributed by atoms with Crippen LogP contribution >= 0.6 is 0 Å². The fourth-order valence-corrected chi connectivity index (χ4v) is 0. The van der Waals surface area contributed by atoms with Crippen LogP contribution in [0.4, 0.5) is 0 Å². The lowest BCUT2D eigenvalue weighted by atomic mass is 12.0. The van der Waals surface area contributed by atoms with Crippen LogP contribution in [-0.4, -0.2) is 0 Å². The molecule has 0 aliphatic heterocycles. The first-order valence-corrected chi connectivity index (χ1v) is 0. The van der Waals surface area contributed by atoms with E-state index in [1.54, 1.807) is 0 Å². The zero-order chi connectivity index (χ0) is 14.0. The van der Waals surface area contributed by atoms with Crippen LogP contribution in [-0.2, 0) is 0 Å². The Morgan fingerprint density at radius 1 is 0.429 bits per heavy atom. The summed E-state index contributed by atoms with van der Waals surface area (Å²) in [6.45, 7) is 0. The van der Waals surface area contributed by atoms with Gasteiger partial charge in [-0.25, -0.2) is 0 Å². The van der Waals surface area contributed by atoms with Crippen molar-refractivity contribution in [3.8, 4) is 0 Å². The number of hydrogen-bond donors (Lipinski definition) is 0. The highest BCUT2D eigenvalue weighted by molar-refractivity contribution is 2.51. The molecule has 0 aliphatic rings. The predicted molar refractivity (Wildman–Crippen MR) is 47.1 cm³/mol. The van der Waals surface area contributed by atoms with Crippen molar-refractivity contribution >= 4 is 0 Å². The molecule has 0 N–H and O–H groups in total. The van der Waals surface area contributed by atoms with Crippen LogP contribution < -0.4 is 0 Å². The average Bonchev–Trinajstić information content (AvgIpc) is 2.45. The highest BCUT2D eigenvalue weighted by atomic mass is 12.0. The molecule has 56 valence electrons. The average molecular weight is 126 g/mol. The second kappa shape index (κ2) is 0. The van der Waals surface area contributed by atoms with Gasteiger partial charge in [-0.05, 0) is 0 Å². The lowest BCUT2D eigenvalue weighted by molar-refractivity contribution is 2.50. The van der Waals surface area contributed by atoms with Gasteiger partial charge in [-0.2, -0.15) is 0 Å². The summed E-state index contributed by atoms with van der Waals surface area (Å²) in [6.07, 6.45) is 0. The van der Waals surface area contributed by atoms with E-state index in [4.69, 9.17) is 9.60 Å². The fourth-order valence-electron chi connectivity index (χ4n) is 0. The summed E-state index contributed by atoms with van der Waals surface area (Å²) in [5.74, 6) is 0. The maximum absolute atomic E-state index is 5.75. The van der Waals surface area contributed by atoms with Crippen LogP contribution in [0.15, 0.2) is 0 Å². The maximum Gasteiger partial charge on any atom is 0.0194 e. The molecule has 0 radical (unpaired) electrons. The zero-order valence-corrected chi connectivity index (χ0v) is 7.00. The Morgan fingerprint density at radius 3 is 0.429 bits per heavy atom. The van der Waals surface area contributed by atoms with Crippen LogP contribution in [0.25, 0.3) is 0 Å². The summed E-state index contributed by atoms with van der Waals surface area (Å²) in [5, 5.41) is 0. The Hall–Kier alpha value is 0. The minimum absolute atomic E-state index is 1.25. The van der Waals surface area contributed by atoms with Crippen LogP contribution in [0.2, 0.25) is 0 Å². The van der Waals surface area contributed by atoms with Gasteiger partial charge in [-0.3, -0.25) is 0 Å². The fraction of sp³-hybridized carbons (Fsp3) is 1.00. The van der Waals surface area contributed by atoms with Crippen molar-refractivity contribution < 1.29 is 9.60 Å². The molecule has 0 saturated heterocycles. The molecule has 0 bridgehead atoms. The number of rotatable bonds is 0. The molecule has 0 spiro atoms. The van der Waals surface area contributed by atoms with Gasteiger partial charge in [0.15, 0.2) is 0 Å². The minimum Gasteiger partial charge on any atom is -0.0776 e. The molecule has 0 aliphatic carbocycles. The van der Waals surface area contributed by atoms with Gasteiger partial charge < -0.3 is 0 Å². The van der Waals surface area contributed by atoms with E-state index in [1.807, 2.05) is 0 Å². The summed E-state index contributed by atoms with van der Waals surface area (Å²) in [7, 11) is 8.75. The van der Waals surface area contributed by atoms with Crippen LogP contribution in [0, 0.1) is 0 Å². The maximum atomic E-state index is 5.75. The van der Waals surface area contributed by atoms with Gasteiger partial charge in [0.25, 0.3) is 0 Å². The second-order valence-electron chi connectivity index (χ2n) is 0. The van der Waals surface area contributed by atoms with Crippen LogP contribution in [0.1, 0.15) is 61.4 Å². The number of hydrogen-bond acceptors (Lipinski definition) is 0. The monoisotopic (exact) mass is 126 g/mol. The topological polar surface area (TPSA) is 0 Å². The Kier molecular flexibility index (Phi) is 0. The van der Waals surface area contributed by atoms with Crippen LogP contribution in [0.5, 0.6) is 0 Å². The third kappa shape index (κ3) is 0. The summed E-state index contributed by atoms with van der Waals surface area (Å²) in [4.78, 5) is 0. The molecule has 0 heteroatoms. The minimum atomic E-state index is 1.25. The predicted octanol–water partition coefficient (Wildman–Crippen LogP) is 4.45. The molecule has 0 nitrogen and oxygen atoms in total. The summed E-state index contributed by atoms with van der Waals surface area (Å²) in [5.41, 5.74) is 0. The summed E-state index contributed by atoms with van der Waals surface area (Å²) >= 11 is 0. The quantitative estimate of drug-likeness (QED) is 0.450. The first-order valence-electron chi connectivity index (χ1n) is 7.00. The standard InChI is InChI=1S/7CH4/h7*1H4/i7*1T. The Bertz CT molecular complexity index is 14.0. The van der Waals surface area contributed by atoms with E-state index >= 15 is 0 Å². The molecule has 0 unspecified atom stereocenters. The molecule has 0 aromatic heterocycles. The van der Waals surface area contributed by atoms with Crippen molar-refractivity contribution in [2.24, 2.45) is 0 Å².